The second kappa shape index (κ2) is 5.86. The van der Waals surface area contributed by atoms with Crippen LogP contribution in [0.5, 0.6) is 0 Å². The highest BCUT2D eigenvalue weighted by Crippen LogP contribution is 2.27. The molecule has 0 heterocycles. The predicted octanol–water partition coefficient (Wildman–Crippen LogP) is 0.723. The summed E-state index contributed by atoms with van der Waals surface area (Å²) in [6, 6.07) is 2.56. The molecule has 1 aromatic rings. The molecule has 5 heteroatoms. The molecule has 0 aliphatic carbocycles. The lowest BCUT2D eigenvalue weighted by Crippen LogP contribution is -2.22. The fraction of sp³-hybridized carbons (Fsp3) is 0.417. The van der Waals surface area contributed by atoms with E-state index in [9.17, 15) is 19.4 Å². The Hall–Kier alpha value is -1.30. The van der Waals surface area contributed by atoms with Gasteiger partial charge in [-0.1, -0.05) is 6.07 Å². The minimum absolute atomic E-state index is 0.0462. The molecule has 1 rings (SSSR count). The highest BCUT2D eigenvalue weighted by Gasteiger charge is 2.24. The molecule has 0 radical (unpaired) electrons. The summed E-state index contributed by atoms with van der Waals surface area (Å²) in [5.41, 5.74) is 0.327. The lowest BCUT2D eigenvalue weighted by atomic mass is 9.93. The second-order valence-electron chi connectivity index (χ2n) is 3.83. The fourth-order valence-electron chi connectivity index (χ4n) is 1.71. The van der Waals surface area contributed by atoms with Gasteiger partial charge in [0.1, 0.15) is 11.9 Å². The van der Waals surface area contributed by atoms with Crippen LogP contribution in [0.4, 0.5) is 4.39 Å². The summed E-state index contributed by atoms with van der Waals surface area (Å²) in [5, 5.41) is 28.1. The van der Waals surface area contributed by atoms with E-state index < -0.39 is 18.0 Å². The maximum absolute atomic E-state index is 13.4. The van der Waals surface area contributed by atoms with Crippen LogP contribution in [0.1, 0.15) is 34.0 Å². The minimum Gasteiger partial charge on any atom is -0.396 e. The molecular formula is C12H15FO4. The summed E-state index contributed by atoms with van der Waals surface area (Å²) in [6.45, 7) is 1.31. The maximum atomic E-state index is 13.4. The van der Waals surface area contributed by atoms with Gasteiger partial charge in [0.2, 0.25) is 0 Å². The molecule has 2 unspecified atom stereocenters. The molecule has 3 N–H and O–H groups in total. The number of aldehydes is 1. The van der Waals surface area contributed by atoms with Crippen LogP contribution in [0.3, 0.4) is 0 Å². The minimum atomic E-state index is -1.39. The molecule has 0 aliphatic rings. The van der Waals surface area contributed by atoms with Gasteiger partial charge < -0.3 is 15.3 Å². The van der Waals surface area contributed by atoms with Crippen LogP contribution in [0.15, 0.2) is 12.1 Å². The third-order valence-electron chi connectivity index (χ3n) is 2.65. The Kier molecular flexibility index (Phi) is 4.74. The monoisotopic (exact) mass is 242 g/mol. The molecular weight excluding hydrogens is 227 g/mol. The van der Waals surface area contributed by atoms with Crippen molar-refractivity contribution in [3.05, 3.63) is 34.6 Å². The largest absolute Gasteiger partial charge is 0.396 e. The van der Waals surface area contributed by atoms with E-state index in [1.807, 2.05) is 0 Å². The van der Waals surface area contributed by atoms with Gasteiger partial charge >= 0.3 is 0 Å². The van der Waals surface area contributed by atoms with Crippen LogP contribution in [0.2, 0.25) is 0 Å². The zero-order valence-corrected chi connectivity index (χ0v) is 9.43. The van der Waals surface area contributed by atoms with Crippen LogP contribution in [-0.4, -0.2) is 34.3 Å². The highest BCUT2D eigenvalue weighted by molar-refractivity contribution is 5.78. The Morgan fingerprint density at radius 2 is 2.06 bits per heavy atom. The first-order valence-electron chi connectivity index (χ1n) is 5.24. The Labute approximate surface area is 98.3 Å². The normalized spacial score (nSPS) is 14.4. The molecule has 94 valence electrons. The van der Waals surface area contributed by atoms with Crippen LogP contribution < -0.4 is 0 Å². The average Bonchev–Trinajstić information content (AvgIpc) is 2.31. The maximum Gasteiger partial charge on any atom is 0.153 e. The van der Waals surface area contributed by atoms with E-state index in [4.69, 9.17) is 5.11 Å². The van der Waals surface area contributed by atoms with Crippen molar-refractivity contribution in [3.63, 3.8) is 0 Å². The Balaban J connectivity index is 3.19. The Morgan fingerprint density at radius 3 is 2.59 bits per heavy atom. The number of hydrogen-bond acceptors (Lipinski definition) is 4. The molecule has 0 aromatic heterocycles. The molecule has 0 spiro atoms. The molecule has 4 nitrogen and oxygen atoms in total. The van der Waals surface area contributed by atoms with Gasteiger partial charge in [0.25, 0.3) is 0 Å². The number of carbonyl (C=O) groups is 1. The smallest absolute Gasteiger partial charge is 0.153 e. The van der Waals surface area contributed by atoms with E-state index in [1.54, 1.807) is 6.92 Å². The van der Waals surface area contributed by atoms with Crippen molar-refractivity contribution >= 4 is 6.29 Å². The van der Waals surface area contributed by atoms with Crippen molar-refractivity contribution in [1.29, 1.82) is 0 Å². The third kappa shape index (κ3) is 2.88. The zero-order valence-electron chi connectivity index (χ0n) is 9.43. The molecule has 0 fully saturated rings. The quantitative estimate of drug-likeness (QED) is 0.665. The Morgan fingerprint density at radius 1 is 1.41 bits per heavy atom. The SMILES string of the molecule is Cc1ccc(F)c(C=O)c1C(O)C(O)CCO. The topological polar surface area (TPSA) is 77.8 Å². The number of aliphatic hydroxyl groups excluding tert-OH is 3. The standard InChI is InChI=1S/C12H15FO4/c1-7-2-3-9(13)8(6-15)11(7)12(17)10(16)4-5-14/h2-3,6,10,12,14,16-17H,4-5H2,1H3. The van der Waals surface area contributed by atoms with E-state index in [0.717, 1.165) is 6.07 Å². The van der Waals surface area contributed by atoms with Gasteiger partial charge in [-0.15, -0.1) is 0 Å². The molecule has 0 bridgehead atoms. The summed E-state index contributed by atoms with van der Waals surface area (Å²) < 4.78 is 13.4. The molecule has 0 saturated heterocycles. The number of carbonyl (C=O) groups excluding carboxylic acids is 1. The van der Waals surface area contributed by atoms with Crippen molar-refractivity contribution in [2.45, 2.75) is 25.6 Å². The summed E-state index contributed by atoms with van der Waals surface area (Å²) in [4.78, 5) is 10.8. The van der Waals surface area contributed by atoms with Gasteiger partial charge in [-0.05, 0) is 30.5 Å². The average molecular weight is 242 g/mol. The number of rotatable bonds is 5. The van der Waals surface area contributed by atoms with E-state index in [-0.39, 0.29) is 24.2 Å². The first-order valence-corrected chi connectivity index (χ1v) is 5.24. The molecule has 1 aromatic carbocycles. The van der Waals surface area contributed by atoms with Crippen LogP contribution >= 0.6 is 0 Å². The molecule has 17 heavy (non-hydrogen) atoms. The summed E-state index contributed by atoms with van der Waals surface area (Å²) >= 11 is 0. The van der Waals surface area contributed by atoms with Gasteiger partial charge in [-0.3, -0.25) is 4.79 Å². The molecule has 0 amide bonds. The number of aliphatic hydroxyl groups is 3. The molecule has 0 aliphatic heterocycles. The van der Waals surface area contributed by atoms with Gasteiger partial charge in [-0.2, -0.15) is 0 Å². The first kappa shape index (κ1) is 13.8. The summed E-state index contributed by atoms with van der Waals surface area (Å²) in [6.07, 6.45) is -2.36. The van der Waals surface area contributed by atoms with Crippen LogP contribution in [-0.2, 0) is 0 Å². The van der Waals surface area contributed by atoms with Gasteiger partial charge in [0.15, 0.2) is 6.29 Å². The zero-order chi connectivity index (χ0) is 13.0. The predicted molar refractivity (Wildman–Crippen MR) is 59.2 cm³/mol. The second-order valence-corrected chi connectivity index (χ2v) is 3.83. The number of aryl methyl sites for hydroxylation is 1. The van der Waals surface area contributed by atoms with Crippen molar-refractivity contribution in [1.82, 2.24) is 0 Å². The highest BCUT2D eigenvalue weighted by atomic mass is 19.1. The van der Waals surface area contributed by atoms with E-state index in [2.05, 4.69) is 0 Å². The van der Waals surface area contributed by atoms with Crippen molar-refractivity contribution in [3.8, 4) is 0 Å². The third-order valence-corrected chi connectivity index (χ3v) is 2.65. The molecule has 0 saturated carbocycles. The fourth-order valence-corrected chi connectivity index (χ4v) is 1.71. The van der Waals surface area contributed by atoms with Crippen molar-refractivity contribution in [2.75, 3.05) is 6.61 Å². The number of hydrogen-bond donors (Lipinski definition) is 3. The van der Waals surface area contributed by atoms with Gasteiger partial charge in [0.05, 0.1) is 11.7 Å². The summed E-state index contributed by atoms with van der Waals surface area (Å²) in [5.74, 6) is -0.740. The van der Waals surface area contributed by atoms with Crippen molar-refractivity contribution < 1.29 is 24.5 Å². The lowest BCUT2D eigenvalue weighted by molar-refractivity contribution is 0.00346. The van der Waals surface area contributed by atoms with Gasteiger partial charge in [-0.25, -0.2) is 4.39 Å². The summed E-state index contributed by atoms with van der Waals surface area (Å²) in [7, 11) is 0. The number of benzene rings is 1. The van der Waals surface area contributed by atoms with Crippen LogP contribution in [0.25, 0.3) is 0 Å². The Bertz CT molecular complexity index is 406. The van der Waals surface area contributed by atoms with Crippen LogP contribution in [0, 0.1) is 12.7 Å². The van der Waals surface area contributed by atoms with E-state index in [0.29, 0.717) is 11.8 Å². The van der Waals surface area contributed by atoms with Crippen molar-refractivity contribution in [2.24, 2.45) is 0 Å². The number of halogens is 1. The lowest BCUT2D eigenvalue weighted by Gasteiger charge is -2.21. The van der Waals surface area contributed by atoms with E-state index >= 15 is 0 Å². The van der Waals surface area contributed by atoms with E-state index in [1.165, 1.54) is 6.07 Å². The van der Waals surface area contributed by atoms with Gasteiger partial charge in [0, 0.05) is 6.61 Å². The first-order chi connectivity index (χ1) is 8.02. The molecule has 2 atom stereocenters.